The van der Waals surface area contributed by atoms with Crippen LogP contribution >= 0.6 is 0 Å². The van der Waals surface area contributed by atoms with Crippen LogP contribution in [0.15, 0.2) is 6.33 Å². The third-order valence-corrected chi connectivity index (χ3v) is 1.47. The number of nitrogens with one attached hydrogen (secondary N) is 1. The van der Waals surface area contributed by atoms with Crippen LogP contribution in [0.3, 0.4) is 0 Å². The predicted octanol–water partition coefficient (Wildman–Crippen LogP) is 0.889. The highest BCUT2D eigenvalue weighted by atomic mass is 16.5. The molecule has 72 valence electrons. The summed E-state index contributed by atoms with van der Waals surface area (Å²) >= 11 is 0. The first kappa shape index (κ1) is 9.57. The van der Waals surface area contributed by atoms with Crippen LogP contribution in [-0.2, 0) is 0 Å². The van der Waals surface area contributed by atoms with E-state index in [2.05, 4.69) is 15.3 Å². The van der Waals surface area contributed by atoms with E-state index < -0.39 is 0 Å². The van der Waals surface area contributed by atoms with E-state index >= 15 is 0 Å². The fraction of sp³-hybridized carbons (Fsp3) is 0.500. The van der Waals surface area contributed by atoms with Crippen molar-refractivity contribution in [3.8, 4) is 5.88 Å². The van der Waals surface area contributed by atoms with Crippen LogP contribution < -0.4 is 15.8 Å². The van der Waals surface area contributed by atoms with Crippen LogP contribution in [0.1, 0.15) is 13.8 Å². The normalized spacial score (nSPS) is 9.69. The summed E-state index contributed by atoms with van der Waals surface area (Å²) in [6, 6.07) is 0. The molecule has 0 aliphatic heterocycles. The Balaban J connectivity index is 2.89. The summed E-state index contributed by atoms with van der Waals surface area (Å²) in [4.78, 5) is 7.90. The van der Waals surface area contributed by atoms with Crippen molar-refractivity contribution in [3.05, 3.63) is 6.33 Å². The average molecular weight is 182 g/mol. The average Bonchev–Trinajstić information content (AvgIpc) is 2.13. The largest absolute Gasteiger partial charge is 0.476 e. The summed E-state index contributed by atoms with van der Waals surface area (Å²) in [6.45, 7) is 5.18. The molecule has 1 aromatic rings. The first-order valence-corrected chi connectivity index (χ1v) is 4.26. The predicted molar refractivity (Wildman–Crippen MR) is 51.8 cm³/mol. The first-order valence-electron chi connectivity index (χ1n) is 4.26. The van der Waals surface area contributed by atoms with Crippen molar-refractivity contribution in [2.24, 2.45) is 0 Å². The number of aromatic nitrogens is 2. The smallest absolute Gasteiger partial charge is 0.242 e. The monoisotopic (exact) mass is 182 g/mol. The molecule has 0 fully saturated rings. The van der Waals surface area contributed by atoms with Crippen LogP contribution in [0.25, 0.3) is 0 Å². The summed E-state index contributed by atoms with van der Waals surface area (Å²) in [7, 11) is 0. The van der Waals surface area contributed by atoms with Crippen molar-refractivity contribution in [2.75, 3.05) is 24.2 Å². The summed E-state index contributed by atoms with van der Waals surface area (Å²) < 4.78 is 5.21. The van der Waals surface area contributed by atoms with Gasteiger partial charge in [0.25, 0.3) is 0 Å². The maximum absolute atomic E-state index is 5.74. The van der Waals surface area contributed by atoms with Gasteiger partial charge in [-0.05, 0) is 13.8 Å². The number of nitrogens with zero attached hydrogens (tertiary/aromatic N) is 2. The number of nitrogens with two attached hydrogens (primary N) is 1. The van der Waals surface area contributed by atoms with Crippen molar-refractivity contribution in [1.29, 1.82) is 0 Å². The highest BCUT2D eigenvalue weighted by Crippen LogP contribution is 2.23. The van der Waals surface area contributed by atoms with Crippen LogP contribution in [0.2, 0.25) is 0 Å². The molecule has 0 aromatic carbocycles. The van der Waals surface area contributed by atoms with E-state index in [9.17, 15) is 0 Å². The minimum atomic E-state index is 0.438. The Hall–Kier alpha value is -1.52. The van der Waals surface area contributed by atoms with E-state index in [1.807, 2.05) is 13.8 Å². The Morgan fingerprint density at radius 2 is 2.23 bits per heavy atom. The molecule has 0 saturated heterocycles. The van der Waals surface area contributed by atoms with Crippen LogP contribution in [-0.4, -0.2) is 23.1 Å². The molecule has 13 heavy (non-hydrogen) atoms. The topological polar surface area (TPSA) is 73.1 Å². The van der Waals surface area contributed by atoms with Gasteiger partial charge < -0.3 is 15.8 Å². The summed E-state index contributed by atoms with van der Waals surface area (Å²) in [5.74, 6) is 1.06. The zero-order valence-electron chi connectivity index (χ0n) is 7.87. The Bertz CT molecular complexity index is 253. The first-order chi connectivity index (χ1) is 6.29. The van der Waals surface area contributed by atoms with Crippen molar-refractivity contribution in [1.82, 2.24) is 9.97 Å². The van der Waals surface area contributed by atoms with E-state index in [0.717, 1.165) is 6.54 Å². The van der Waals surface area contributed by atoms with Crippen molar-refractivity contribution >= 4 is 11.5 Å². The lowest BCUT2D eigenvalue weighted by molar-refractivity contribution is 0.328. The molecule has 5 heteroatoms. The van der Waals surface area contributed by atoms with Gasteiger partial charge in [-0.25, -0.2) is 4.98 Å². The number of ether oxygens (including phenoxy) is 1. The van der Waals surface area contributed by atoms with Gasteiger partial charge in [-0.2, -0.15) is 4.98 Å². The zero-order chi connectivity index (χ0) is 9.68. The molecule has 1 aromatic heterocycles. The number of hydrogen-bond donors (Lipinski definition) is 2. The third-order valence-electron chi connectivity index (χ3n) is 1.47. The molecule has 0 spiro atoms. The second-order valence-corrected chi connectivity index (χ2v) is 2.40. The summed E-state index contributed by atoms with van der Waals surface area (Å²) in [6.07, 6.45) is 1.43. The summed E-state index contributed by atoms with van der Waals surface area (Å²) in [5.41, 5.74) is 6.21. The molecule has 1 heterocycles. The molecule has 0 bridgehead atoms. The quantitative estimate of drug-likeness (QED) is 0.723. The van der Waals surface area contributed by atoms with E-state index in [1.54, 1.807) is 0 Å². The molecule has 0 atom stereocenters. The van der Waals surface area contributed by atoms with Crippen molar-refractivity contribution in [3.63, 3.8) is 0 Å². The lowest BCUT2D eigenvalue weighted by atomic mass is 10.4. The van der Waals surface area contributed by atoms with Crippen LogP contribution in [0, 0.1) is 0 Å². The molecule has 0 saturated carbocycles. The number of nitrogen functional groups attached to an aromatic ring is 1. The maximum atomic E-state index is 5.74. The molecule has 0 radical (unpaired) electrons. The molecular weight excluding hydrogens is 168 g/mol. The molecule has 1 rings (SSSR count). The highest BCUT2D eigenvalue weighted by Gasteiger charge is 2.06. The van der Waals surface area contributed by atoms with E-state index in [-0.39, 0.29) is 0 Å². The van der Waals surface area contributed by atoms with Gasteiger partial charge in [-0.1, -0.05) is 0 Å². The minimum Gasteiger partial charge on any atom is -0.476 e. The molecule has 0 aliphatic rings. The summed E-state index contributed by atoms with van der Waals surface area (Å²) in [5, 5.41) is 3.02. The third kappa shape index (κ3) is 2.21. The lowest BCUT2D eigenvalue weighted by Gasteiger charge is -2.09. The fourth-order valence-electron chi connectivity index (χ4n) is 0.939. The Morgan fingerprint density at radius 1 is 1.46 bits per heavy atom. The molecule has 3 N–H and O–H groups in total. The number of anilines is 2. The number of rotatable bonds is 4. The fourth-order valence-corrected chi connectivity index (χ4v) is 0.939. The van der Waals surface area contributed by atoms with Gasteiger partial charge in [0.1, 0.15) is 12.0 Å². The Morgan fingerprint density at radius 3 is 2.85 bits per heavy atom. The lowest BCUT2D eigenvalue weighted by Crippen LogP contribution is -2.07. The van der Waals surface area contributed by atoms with Gasteiger partial charge in [0.2, 0.25) is 5.88 Å². The second kappa shape index (κ2) is 4.49. The Kier molecular flexibility index (Phi) is 3.31. The van der Waals surface area contributed by atoms with E-state index in [1.165, 1.54) is 6.33 Å². The van der Waals surface area contributed by atoms with Gasteiger partial charge >= 0.3 is 0 Å². The number of hydrogen-bond acceptors (Lipinski definition) is 5. The van der Waals surface area contributed by atoms with Crippen LogP contribution in [0.4, 0.5) is 11.5 Å². The molecule has 0 unspecified atom stereocenters. The van der Waals surface area contributed by atoms with Crippen LogP contribution in [0.5, 0.6) is 5.88 Å². The molecule has 5 nitrogen and oxygen atoms in total. The zero-order valence-corrected chi connectivity index (χ0v) is 7.87. The van der Waals surface area contributed by atoms with Gasteiger partial charge in [0, 0.05) is 6.54 Å². The van der Waals surface area contributed by atoms with E-state index in [0.29, 0.717) is 24.0 Å². The van der Waals surface area contributed by atoms with Crippen molar-refractivity contribution in [2.45, 2.75) is 13.8 Å². The van der Waals surface area contributed by atoms with Gasteiger partial charge in [0.15, 0.2) is 5.82 Å². The molecule has 0 amide bonds. The van der Waals surface area contributed by atoms with Crippen molar-refractivity contribution < 1.29 is 4.74 Å². The van der Waals surface area contributed by atoms with E-state index in [4.69, 9.17) is 10.5 Å². The SMILES string of the molecule is CCNc1ncnc(OCC)c1N. The minimum absolute atomic E-state index is 0.438. The highest BCUT2D eigenvalue weighted by molar-refractivity contribution is 5.66. The van der Waals surface area contributed by atoms with Gasteiger partial charge in [0.05, 0.1) is 6.61 Å². The van der Waals surface area contributed by atoms with Gasteiger partial charge in [-0.15, -0.1) is 0 Å². The maximum Gasteiger partial charge on any atom is 0.242 e. The standard InChI is InChI=1S/C8H14N4O/c1-3-10-7-6(9)8(13-4-2)12-5-11-7/h5H,3-4,9H2,1-2H3,(H,10,11,12). The van der Waals surface area contributed by atoms with Gasteiger partial charge in [-0.3, -0.25) is 0 Å². The molecular formula is C8H14N4O. The molecule has 0 aliphatic carbocycles. The Labute approximate surface area is 77.3 Å². The second-order valence-electron chi connectivity index (χ2n) is 2.40.